The molecule has 0 aliphatic carbocycles. The Balaban J connectivity index is 1.57. The molecule has 27 heavy (non-hydrogen) atoms. The highest BCUT2D eigenvalue weighted by molar-refractivity contribution is 8.18. The predicted molar refractivity (Wildman–Crippen MR) is 101 cm³/mol. The van der Waals surface area contributed by atoms with Gasteiger partial charge in [0.15, 0.2) is 16.7 Å². The molecule has 9 heteroatoms. The van der Waals surface area contributed by atoms with Crippen LogP contribution in [-0.4, -0.2) is 22.8 Å². The van der Waals surface area contributed by atoms with Crippen LogP contribution in [0, 0.1) is 17.0 Å². The third kappa shape index (κ3) is 3.49. The summed E-state index contributed by atoms with van der Waals surface area (Å²) in [6.07, 6.45) is 1.74. The van der Waals surface area contributed by atoms with E-state index in [9.17, 15) is 14.9 Å². The van der Waals surface area contributed by atoms with Gasteiger partial charge in [0.2, 0.25) is 6.79 Å². The number of nitrogens with zero attached hydrogens (tertiary/aromatic N) is 2. The lowest BCUT2D eigenvalue weighted by Crippen LogP contribution is -2.19. The number of amides is 1. The molecule has 2 aliphatic rings. The van der Waals surface area contributed by atoms with Gasteiger partial charge in [-0.15, -0.1) is 0 Å². The summed E-state index contributed by atoms with van der Waals surface area (Å²) < 4.78 is 10.6. The van der Waals surface area contributed by atoms with Crippen molar-refractivity contribution < 1.29 is 19.2 Å². The van der Waals surface area contributed by atoms with E-state index < -0.39 is 4.92 Å². The van der Waals surface area contributed by atoms with Crippen LogP contribution in [0.1, 0.15) is 11.1 Å². The minimum atomic E-state index is -0.456. The number of carbonyl (C=O) groups is 1. The Morgan fingerprint density at radius 2 is 2.04 bits per heavy atom. The molecule has 1 fully saturated rings. The zero-order valence-electron chi connectivity index (χ0n) is 14.1. The molecule has 1 amide bonds. The van der Waals surface area contributed by atoms with Gasteiger partial charge < -0.3 is 14.8 Å². The van der Waals surface area contributed by atoms with Crippen molar-refractivity contribution in [2.24, 2.45) is 4.99 Å². The van der Waals surface area contributed by atoms with Crippen LogP contribution >= 0.6 is 11.8 Å². The van der Waals surface area contributed by atoms with Gasteiger partial charge in [-0.05, 0) is 54.1 Å². The number of nitrogens with one attached hydrogen (secondary N) is 1. The number of hydrogen-bond donors (Lipinski definition) is 1. The number of amidine groups is 1. The lowest BCUT2D eigenvalue weighted by molar-refractivity contribution is -0.384. The number of benzene rings is 2. The number of aliphatic imine (C=N–C) groups is 1. The minimum Gasteiger partial charge on any atom is -0.454 e. The maximum atomic E-state index is 12.2. The van der Waals surface area contributed by atoms with Gasteiger partial charge in [0.05, 0.1) is 15.5 Å². The highest BCUT2D eigenvalue weighted by Gasteiger charge is 2.24. The first-order valence-corrected chi connectivity index (χ1v) is 8.75. The quantitative estimate of drug-likeness (QED) is 0.494. The molecular formula is C18H13N3O5S. The fraction of sp³-hybridized carbons (Fsp3) is 0.111. The lowest BCUT2D eigenvalue weighted by Gasteiger charge is -2.01. The molecule has 2 heterocycles. The summed E-state index contributed by atoms with van der Waals surface area (Å²) in [5.74, 6) is 1.07. The van der Waals surface area contributed by atoms with Gasteiger partial charge in [0, 0.05) is 12.1 Å². The fourth-order valence-electron chi connectivity index (χ4n) is 2.62. The number of hydrogen-bond acceptors (Lipinski definition) is 7. The van der Waals surface area contributed by atoms with E-state index in [4.69, 9.17) is 9.47 Å². The Kier molecular flexibility index (Phi) is 4.28. The maximum absolute atomic E-state index is 12.2. The van der Waals surface area contributed by atoms with Crippen LogP contribution in [0.4, 0.5) is 11.4 Å². The van der Waals surface area contributed by atoms with Gasteiger partial charge in [0.25, 0.3) is 11.6 Å². The Labute approximate surface area is 158 Å². The number of fused-ring (bicyclic) bond motifs is 1. The smallest absolute Gasteiger partial charge is 0.269 e. The first kappa shape index (κ1) is 17.1. The van der Waals surface area contributed by atoms with Crippen LogP contribution in [0.25, 0.3) is 6.08 Å². The Morgan fingerprint density at radius 1 is 1.22 bits per heavy atom. The largest absolute Gasteiger partial charge is 0.454 e. The van der Waals surface area contributed by atoms with E-state index in [-0.39, 0.29) is 18.4 Å². The van der Waals surface area contributed by atoms with E-state index in [0.717, 1.165) is 5.56 Å². The molecule has 2 aromatic carbocycles. The van der Waals surface area contributed by atoms with E-state index in [1.807, 2.05) is 6.07 Å². The molecule has 136 valence electrons. The molecule has 0 radical (unpaired) electrons. The summed E-state index contributed by atoms with van der Waals surface area (Å²) >= 11 is 1.21. The molecule has 8 nitrogen and oxygen atoms in total. The van der Waals surface area contributed by atoms with Crippen molar-refractivity contribution in [3.63, 3.8) is 0 Å². The number of aryl methyl sites for hydroxylation is 1. The van der Waals surface area contributed by atoms with Crippen LogP contribution in [0.5, 0.6) is 11.5 Å². The Bertz CT molecular complexity index is 1030. The van der Waals surface area contributed by atoms with E-state index in [1.54, 1.807) is 31.2 Å². The third-order valence-electron chi connectivity index (χ3n) is 3.96. The van der Waals surface area contributed by atoms with Crippen molar-refractivity contribution in [3.8, 4) is 11.5 Å². The second-order valence-electron chi connectivity index (χ2n) is 5.82. The van der Waals surface area contributed by atoms with Gasteiger partial charge in [0.1, 0.15) is 0 Å². The van der Waals surface area contributed by atoms with Gasteiger partial charge in [-0.2, -0.15) is 0 Å². The maximum Gasteiger partial charge on any atom is 0.269 e. The Hall–Kier alpha value is -3.33. The number of thioether (sulfide) groups is 1. The first-order chi connectivity index (χ1) is 13.0. The molecule has 2 aliphatic heterocycles. The van der Waals surface area contributed by atoms with Crippen LogP contribution < -0.4 is 14.8 Å². The van der Waals surface area contributed by atoms with Crippen LogP contribution in [0.15, 0.2) is 46.3 Å². The summed E-state index contributed by atoms with van der Waals surface area (Å²) in [5.41, 5.74) is 2.03. The number of rotatable bonds is 3. The molecule has 0 spiro atoms. The summed E-state index contributed by atoms with van der Waals surface area (Å²) in [5, 5.41) is 13.9. The van der Waals surface area contributed by atoms with Crippen molar-refractivity contribution >= 4 is 40.3 Å². The predicted octanol–water partition coefficient (Wildman–Crippen LogP) is 3.52. The van der Waals surface area contributed by atoms with E-state index in [2.05, 4.69) is 10.3 Å². The first-order valence-electron chi connectivity index (χ1n) is 7.94. The molecule has 1 saturated heterocycles. The second kappa shape index (κ2) is 6.76. The Morgan fingerprint density at radius 3 is 2.81 bits per heavy atom. The number of nitro benzene ring substituents is 1. The van der Waals surface area contributed by atoms with E-state index >= 15 is 0 Å². The minimum absolute atomic E-state index is 0.00273. The summed E-state index contributed by atoms with van der Waals surface area (Å²) in [6.45, 7) is 1.92. The van der Waals surface area contributed by atoms with Gasteiger partial charge >= 0.3 is 0 Å². The van der Waals surface area contributed by atoms with Gasteiger partial charge in [-0.25, -0.2) is 4.99 Å². The molecule has 4 rings (SSSR count). The van der Waals surface area contributed by atoms with E-state index in [1.165, 1.54) is 23.9 Å². The summed E-state index contributed by atoms with van der Waals surface area (Å²) in [7, 11) is 0. The number of nitro groups is 1. The average Bonchev–Trinajstić information content (AvgIpc) is 3.23. The van der Waals surface area contributed by atoms with Gasteiger partial charge in [-0.1, -0.05) is 6.07 Å². The summed E-state index contributed by atoms with van der Waals surface area (Å²) in [6, 6.07) is 9.83. The van der Waals surface area contributed by atoms with Crippen LogP contribution in [0.2, 0.25) is 0 Å². The van der Waals surface area contributed by atoms with Crippen molar-refractivity contribution in [2.75, 3.05) is 6.79 Å². The van der Waals surface area contributed by atoms with Crippen molar-refractivity contribution in [1.29, 1.82) is 0 Å². The van der Waals surface area contributed by atoms with Crippen molar-refractivity contribution in [3.05, 3.63) is 62.5 Å². The number of carbonyl (C=O) groups excluding carboxylic acids is 1. The normalized spacial score (nSPS) is 18.2. The number of non-ortho nitro benzene ring substituents is 1. The zero-order chi connectivity index (χ0) is 19.0. The second-order valence-corrected chi connectivity index (χ2v) is 6.85. The van der Waals surface area contributed by atoms with Gasteiger partial charge in [-0.3, -0.25) is 14.9 Å². The SMILES string of the molecule is Cc1cc([N+](=O)[O-])ccc1N=C1NC(=O)/C(=C\c2ccc3c(c2)OCO3)S1. The average molecular weight is 383 g/mol. The third-order valence-corrected chi connectivity index (χ3v) is 4.87. The van der Waals surface area contributed by atoms with Crippen LogP contribution in [0.3, 0.4) is 0 Å². The van der Waals surface area contributed by atoms with Crippen LogP contribution in [-0.2, 0) is 4.79 Å². The molecule has 0 unspecified atom stereocenters. The lowest BCUT2D eigenvalue weighted by atomic mass is 10.2. The topological polar surface area (TPSA) is 103 Å². The molecular weight excluding hydrogens is 370 g/mol. The molecule has 0 atom stereocenters. The highest BCUT2D eigenvalue weighted by atomic mass is 32.2. The van der Waals surface area contributed by atoms with E-state index in [0.29, 0.717) is 32.8 Å². The fourth-order valence-corrected chi connectivity index (χ4v) is 3.46. The zero-order valence-corrected chi connectivity index (χ0v) is 14.9. The molecule has 0 aromatic heterocycles. The standard InChI is InChI=1S/C18H13N3O5S/c1-10-6-12(21(23)24)3-4-13(10)19-18-20-17(22)16(27-18)8-11-2-5-14-15(7-11)26-9-25-14/h2-8H,9H2,1H3,(H,19,20,22)/b16-8+. The van der Waals surface area contributed by atoms with Crippen molar-refractivity contribution in [2.45, 2.75) is 6.92 Å². The summed E-state index contributed by atoms with van der Waals surface area (Å²) in [4.78, 5) is 27.5. The monoisotopic (exact) mass is 383 g/mol. The molecule has 0 bridgehead atoms. The highest BCUT2D eigenvalue weighted by Crippen LogP contribution is 2.35. The number of ether oxygens (including phenoxy) is 2. The molecule has 1 N–H and O–H groups in total. The molecule has 0 saturated carbocycles. The molecule has 2 aromatic rings. The van der Waals surface area contributed by atoms with Crippen molar-refractivity contribution in [1.82, 2.24) is 5.32 Å².